The fraction of sp³-hybridized carbons (Fsp3) is 0.733. The molecule has 0 saturated carbocycles. The lowest BCUT2D eigenvalue weighted by Gasteiger charge is -2.15. The molecule has 0 fully saturated rings. The van der Waals surface area contributed by atoms with E-state index in [-0.39, 0.29) is 6.04 Å². The van der Waals surface area contributed by atoms with Crippen molar-refractivity contribution >= 4 is 10.0 Å². The molecule has 0 amide bonds. The zero-order chi connectivity index (χ0) is 17.4. The van der Waals surface area contributed by atoms with Crippen molar-refractivity contribution in [1.29, 1.82) is 0 Å². The van der Waals surface area contributed by atoms with Crippen molar-refractivity contribution in [2.75, 3.05) is 32.7 Å². The van der Waals surface area contributed by atoms with E-state index in [4.69, 9.17) is 10.9 Å². The predicted octanol–water partition coefficient (Wildman–Crippen LogP) is 0.300. The van der Waals surface area contributed by atoms with Crippen molar-refractivity contribution in [3.05, 3.63) is 23.8 Å². The molecule has 2 unspecified atom stereocenters. The molecular formula is C15H28N6O2S. The smallest absolute Gasteiger partial charge is 0.215 e. The molecule has 2 atom stereocenters. The number of allylic oxidation sites excluding steroid dienone is 2. The van der Waals surface area contributed by atoms with E-state index in [0.717, 1.165) is 57.6 Å². The van der Waals surface area contributed by atoms with Crippen molar-refractivity contribution in [3.63, 3.8) is 0 Å². The Kier molecular flexibility index (Phi) is 7.35. The maximum absolute atomic E-state index is 11.3. The summed E-state index contributed by atoms with van der Waals surface area (Å²) in [5, 5.41) is 18.4. The van der Waals surface area contributed by atoms with Gasteiger partial charge in [0.2, 0.25) is 10.0 Å². The van der Waals surface area contributed by atoms with Gasteiger partial charge in [-0.1, -0.05) is 29.0 Å². The normalized spacial score (nSPS) is 23.8. The molecule has 1 aliphatic carbocycles. The van der Waals surface area contributed by atoms with Gasteiger partial charge in [0, 0.05) is 13.1 Å². The van der Waals surface area contributed by atoms with E-state index < -0.39 is 15.3 Å². The Hall–Kier alpha value is -1.29. The average molecular weight is 356 g/mol. The Bertz CT molecular complexity index is 587. The van der Waals surface area contributed by atoms with E-state index in [9.17, 15) is 8.42 Å². The van der Waals surface area contributed by atoms with Gasteiger partial charge in [-0.15, -0.1) is 0 Å². The zero-order valence-corrected chi connectivity index (χ0v) is 14.8. The van der Waals surface area contributed by atoms with Crippen LogP contribution in [0.3, 0.4) is 0 Å². The fourth-order valence-electron chi connectivity index (χ4n) is 2.72. The van der Waals surface area contributed by atoms with Crippen LogP contribution in [0.25, 0.3) is 0 Å². The van der Waals surface area contributed by atoms with Crippen LogP contribution in [0, 0.1) is 0 Å². The van der Waals surface area contributed by atoms with Gasteiger partial charge in [-0.2, -0.15) is 5.11 Å². The zero-order valence-electron chi connectivity index (χ0n) is 14.0. The third-order valence-corrected chi connectivity index (χ3v) is 5.36. The van der Waals surface area contributed by atoms with Crippen LogP contribution < -0.4 is 16.2 Å². The number of primary sulfonamides is 1. The highest BCUT2D eigenvalue weighted by Gasteiger charge is 2.20. The molecule has 136 valence electrons. The molecule has 1 heterocycles. The van der Waals surface area contributed by atoms with Gasteiger partial charge in [-0.25, -0.2) is 13.6 Å². The Morgan fingerprint density at radius 3 is 2.88 bits per heavy atom. The summed E-state index contributed by atoms with van der Waals surface area (Å²) in [6, 6.07) is 0.200. The number of rotatable bonds is 10. The van der Waals surface area contributed by atoms with Crippen molar-refractivity contribution < 1.29 is 8.42 Å². The van der Waals surface area contributed by atoms with Crippen LogP contribution in [-0.4, -0.2) is 57.4 Å². The first-order chi connectivity index (χ1) is 11.5. The number of nitrogens with two attached hydrogens (primary N) is 2. The molecule has 2 aliphatic rings. The van der Waals surface area contributed by atoms with Crippen LogP contribution in [0.15, 0.2) is 34.1 Å². The highest BCUT2D eigenvalue weighted by Crippen LogP contribution is 2.17. The van der Waals surface area contributed by atoms with Crippen molar-refractivity contribution in [1.82, 2.24) is 10.3 Å². The van der Waals surface area contributed by atoms with Crippen LogP contribution in [0.5, 0.6) is 0 Å². The second-order valence-electron chi connectivity index (χ2n) is 6.22. The van der Waals surface area contributed by atoms with Gasteiger partial charge in [0.25, 0.3) is 0 Å². The third kappa shape index (κ3) is 6.31. The Morgan fingerprint density at radius 2 is 2.21 bits per heavy atom. The minimum absolute atomic E-state index is 0.200. The first-order valence-electron chi connectivity index (χ1n) is 8.44. The molecule has 9 heteroatoms. The summed E-state index contributed by atoms with van der Waals surface area (Å²) in [5.74, 6) is 0. The number of nitrogens with zero attached hydrogens (tertiary/aromatic N) is 3. The van der Waals surface area contributed by atoms with Crippen molar-refractivity contribution in [3.8, 4) is 0 Å². The molecule has 0 aromatic carbocycles. The molecule has 24 heavy (non-hydrogen) atoms. The summed E-state index contributed by atoms with van der Waals surface area (Å²) in [6.45, 7) is 4.12. The van der Waals surface area contributed by atoms with E-state index in [2.05, 4.69) is 15.7 Å². The quantitative estimate of drug-likeness (QED) is 0.485. The Labute approximate surface area is 144 Å². The largest absolute Gasteiger partial charge is 0.330 e. The highest BCUT2D eigenvalue weighted by molar-refractivity contribution is 7.89. The number of hydrogen-bond donors (Lipinski definition) is 3. The Morgan fingerprint density at radius 1 is 1.38 bits per heavy atom. The second-order valence-corrected chi connectivity index (χ2v) is 8.01. The van der Waals surface area contributed by atoms with E-state index in [1.807, 2.05) is 17.2 Å². The minimum Gasteiger partial charge on any atom is -0.330 e. The van der Waals surface area contributed by atoms with Gasteiger partial charge in [-0.3, -0.25) is 5.01 Å². The maximum Gasteiger partial charge on any atom is 0.215 e. The molecule has 0 saturated heterocycles. The lowest BCUT2D eigenvalue weighted by molar-refractivity contribution is 0.300. The first kappa shape index (κ1) is 19.0. The standard InChI is InChI=1S/C15H28N6O2S/c16-8-1-2-10-21-12-14(19-20-21)11-18-9-7-13-3-5-15(6-4-13)24(17,22)23/h3-5,14-15,18H,1-2,6-12,16H2,(H2,17,22,23). The summed E-state index contributed by atoms with van der Waals surface area (Å²) >= 11 is 0. The molecule has 0 bridgehead atoms. The summed E-state index contributed by atoms with van der Waals surface area (Å²) in [6.07, 6.45) is 8.87. The number of nitrogens with one attached hydrogen (secondary N) is 1. The van der Waals surface area contributed by atoms with Crippen LogP contribution in [-0.2, 0) is 10.0 Å². The number of unbranched alkanes of at least 4 members (excludes halogenated alkanes) is 1. The molecule has 1 aliphatic heterocycles. The summed E-state index contributed by atoms with van der Waals surface area (Å²) in [5.41, 5.74) is 6.62. The molecule has 0 aromatic rings. The van der Waals surface area contributed by atoms with Gasteiger partial charge in [0.1, 0.15) is 6.04 Å². The van der Waals surface area contributed by atoms with E-state index >= 15 is 0 Å². The first-order valence-corrected chi connectivity index (χ1v) is 10.1. The highest BCUT2D eigenvalue weighted by atomic mass is 32.2. The van der Waals surface area contributed by atoms with Crippen molar-refractivity contribution in [2.24, 2.45) is 21.2 Å². The lowest BCUT2D eigenvalue weighted by atomic mass is 10.0. The van der Waals surface area contributed by atoms with E-state index in [1.165, 1.54) is 0 Å². The van der Waals surface area contributed by atoms with E-state index in [1.54, 1.807) is 6.08 Å². The topological polar surface area (TPSA) is 126 Å². The molecule has 8 nitrogen and oxygen atoms in total. The Balaban J connectivity index is 1.57. The number of hydrogen-bond acceptors (Lipinski definition) is 7. The summed E-state index contributed by atoms with van der Waals surface area (Å²) in [7, 11) is -3.48. The molecule has 0 aromatic heterocycles. The van der Waals surface area contributed by atoms with Gasteiger partial charge in [-0.05, 0) is 38.8 Å². The SMILES string of the molecule is NCCCCN1CC(CNCCC2=CCC(S(N)(=O)=O)C=C2)N=N1. The lowest BCUT2D eigenvalue weighted by Crippen LogP contribution is -2.31. The van der Waals surface area contributed by atoms with Crippen LogP contribution in [0.2, 0.25) is 0 Å². The van der Waals surface area contributed by atoms with Crippen LogP contribution >= 0.6 is 0 Å². The third-order valence-electron chi connectivity index (χ3n) is 4.16. The summed E-state index contributed by atoms with van der Waals surface area (Å²) < 4.78 is 22.5. The monoisotopic (exact) mass is 356 g/mol. The van der Waals surface area contributed by atoms with Gasteiger partial charge in [0.05, 0.1) is 11.8 Å². The van der Waals surface area contributed by atoms with Crippen LogP contribution in [0.4, 0.5) is 0 Å². The van der Waals surface area contributed by atoms with Crippen molar-refractivity contribution in [2.45, 2.75) is 37.0 Å². The second kappa shape index (κ2) is 9.26. The number of sulfonamides is 1. The molecule has 2 rings (SSSR count). The van der Waals surface area contributed by atoms with Gasteiger partial charge in [0.15, 0.2) is 0 Å². The molecule has 0 radical (unpaired) electrons. The predicted molar refractivity (Wildman–Crippen MR) is 94.7 cm³/mol. The maximum atomic E-state index is 11.3. The fourth-order valence-corrected chi connectivity index (χ4v) is 3.38. The van der Waals surface area contributed by atoms with Gasteiger partial charge < -0.3 is 11.1 Å². The molecule has 0 spiro atoms. The van der Waals surface area contributed by atoms with Crippen LogP contribution in [0.1, 0.15) is 25.7 Å². The van der Waals surface area contributed by atoms with Gasteiger partial charge >= 0.3 is 0 Å². The summed E-state index contributed by atoms with van der Waals surface area (Å²) in [4.78, 5) is 0. The molecular weight excluding hydrogens is 328 g/mol. The molecule has 5 N–H and O–H groups in total. The van der Waals surface area contributed by atoms with E-state index in [0.29, 0.717) is 6.42 Å². The minimum atomic E-state index is -3.48. The average Bonchev–Trinajstić information content (AvgIpc) is 2.99.